The standard InChI is InChI=1S/C19H24N2O3/c1-3-24-19(23)15-11-16-17(20-13(15)2)9-10-21(18(16)22)12-14-7-5-4-6-8-14/h9-11,14H,3-8,12H2,1-2H3. The lowest BCUT2D eigenvalue weighted by atomic mass is 9.89. The second-order valence-electron chi connectivity index (χ2n) is 6.55. The van der Waals surface area contributed by atoms with E-state index in [2.05, 4.69) is 4.98 Å². The molecule has 1 aliphatic carbocycles. The number of fused-ring (bicyclic) bond motifs is 1. The second-order valence-corrected chi connectivity index (χ2v) is 6.55. The molecule has 5 heteroatoms. The molecule has 0 spiro atoms. The predicted molar refractivity (Wildman–Crippen MR) is 93.3 cm³/mol. The third-order valence-electron chi connectivity index (χ3n) is 4.82. The number of carbonyl (C=O) groups excluding carboxylic acids is 1. The molecule has 5 nitrogen and oxygen atoms in total. The quantitative estimate of drug-likeness (QED) is 0.806. The highest BCUT2D eigenvalue weighted by molar-refractivity contribution is 5.94. The zero-order chi connectivity index (χ0) is 17.1. The van der Waals surface area contributed by atoms with E-state index in [1.807, 2.05) is 12.3 Å². The van der Waals surface area contributed by atoms with Gasteiger partial charge < -0.3 is 9.30 Å². The number of aromatic nitrogens is 2. The second kappa shape index (κ2) is 7.16. The maximum Gasteiger partial charge on any atom is 0.339 e. The number of ether oxygens (including phenoxy) is 1. The van der Waals surface area contributed by atoms with E-state index >= 15 is 0 Å². The molecule has 0 saturated heterocycles. The first-order chi connectivity index (χ1) is 11.6. The Morgan fingerprint density at radius 2 is 2.08 bits per heavy atom. The minimum Gasteiger partial charge on any atom is -0.462 e. The first-order valence-electron chi connectivity index (χ1n) is 8.78. The number of hydrogen-bond donors (Lipinski definition) is 0. The molecule has 0 bridgehead atoms. The molecular formula is C19H24N2O3. The van der Waals surface area contributed by atoms with Gasteiger partial charge in [-0.15, -0.1) is 0 Å². The molecule has 0 unspecified atom stereocenters. The van der Waals surface area contributed by atoms with Crippen molar-refractivity contribution in [2.75, 3.05) is 6.61 Å². The molecule has 1 aliphatic rings. The third kappa shape index (κ3) is 3.35. The third-order valence-corrected chi connectivity index (χ3v) is 4.82. The van der Waals surface area contributed by atoms with Gasteiger partial charge in [-0.1, -0.05) is 19.3 Å². The number of pyridine rings is 2. The van der Waals surface area contributed by atoms with E-state index < -0.39 is 5.97 Å². The molecule has 2 aromatic heterocycles. The van der Waals surface area contributed by atoms with Crippen LogP contribution in [0.15, 0.2) is 23.1 Å². The van der Waals surface area contributed by atoms with Crippen LogP contribution in [0.25, 0.3) is 10.9 Å². The number of carbonyl (C=O) groups is 1. The summed E-state index contributed by atoms with van der Waals surface area (Å²) in [7, 11) is 0. The molecule has 1 fully saturated rings. The van der Waals surface area contributed by atoms with Crippen LogP contribution in [0.4, 0.5) is 0 Å². The van der Waals surface area contributed by atoms with Crippen molar-refractivity contribution in [2.45, 2.75) is 52.5 Å². The summed E-state index contributed by atoms with van der Waals surface area (Å²) in [5, 5.41) is 0.488. The van der Waals surface area contributed by atoms with Gasteiger partial charge in [-0.05, 0) is 44.7 Å². The van der Waals surface area contributed by atoms with Gasteiger partial charge in [-0.2, -0.15) is 0 Å². The van der Waals surface area contributed by atoms with E-state index in [-0.39, 0.29) is 5.56 Å². The van der Waals surface area contributed by atoms with Crippen LogP contribution in [0.1, 0.15) is 55.1 Å². The Hall–Kier alpha value is -2.17. The van der Waals surface area contributed by atoms with Crippen molar-refractivity contribution < 1.29 is 9.53 Å². The van der Waals surface area contributed by atoms with Crippen LogP contribution in [0, 0.1) is 12.8 Å². The summed E-state index contributed by atoms with van der Waals surface area (Å²) in [6, 6.07) is 3.50. The fraction of sp³-hybridized carbons (Fsp3) is 0.526. The van der Waals surface area contributed by atoms with E-state index in [4.69, 9.17) is 4.74 Å². The molecule has 0 amide bonds. The Kier molecular flexibility index (Phi) is 4.97. The van der Waals surface area contributed by atoms with Crippen LogP contribution in [0.2, 0.25) is 0 Å². The fourth-order valence-electron chi connectivity index (χ4n) is 3.51. The molecule has 128 valence electrons. The highest BCUT2D eigenvalue weighted by Crippen LogP contribution is 2.25. The van der Waals surface area contributed by atoms with Gasteiger partial charge >= 0.3 is 5.97 Å². The summed E-state index contributed by atoms with van der Waals surface area (Å²) >= 11 is 0. The summed E-state index contributed by atoms with van der Waals surface area (Å²) in [4.78, 5) is 29.3. The zero-order valence-corrected chi connectivity index (χ0v) is 14.4. The van der Waals surface area contributed by atoms with Gasteiger partial charge in [-0.3, -0.25) is 9.78 Å². The minimum absolute atomic E-state index is 0.0730. The van der Waals surface area contributed by atoms with Crippen LogP contribution in [-0.4, -0.2) is 22.1 Å². The molecule has 0 N–H and O–H groups in total. The summed E-state index contributed by atoms with van der Waals surface area (Å²) in [6.45, 7) is 4.58. The van der Waals surface area contributed by atoms with Crippen LogP contribution in [0.5, 0.6) is 0 Å². The Morgan fingerprint density at radius 3 is 2.79 bits per heavy atom. The number of esters is 1. The van der Waals surface area contributed by atoms with Crippen molar-refractivity contribution in [2.24, 2.45) is 5.92 Å². The van der Waals surface area contributed by atoms with Gasteiger partial charge in [0, 0.05) is 12.7 Å². The molecular weight excluding hydrogens is 304 g/mol. The Labute approximate surface area is 141 Å². The highest BCUT2D eigenvalue weighted by atomic mass is 16.5. The number of hydrogen-bond acceptors (Lipinski definition) is 4. The maximum atomic E-state index is 12.8. The summed E-state index contributed by atoms with van der Waals surface area (Å²) in [6.07, 6.45) is 8.00. The molecule has 2 aromatic rings. The van der Waals surface area contributed by atoms with E-state index in [9.17, 15) is 9.59 Å². The topological polar surface area (TPSA) is 61.2 Å². The fourth-order valence-corrected chi connectivity index (χ4v) is 3.51. The van der Waals surface area contributed by atoms with E-state index in [0.29, 0.717) is 34.7 Å². The number of aryl methyl sites for hydroxylation is 1. The number of rotatable bonds is 4. The van der Waals surface area contributed by atoms with Crippen molar-refractivity contribution in [1.82, 2.24) is 9.55 Å². The van der Waals surface area contributed by atoms with Crippen LogP contribution < -0.4 is 5.56 Å². The van der Waals surface area contributed by atoms with Gasteiger partial charge in [0.15, 0.2) is 0 Å². The molecule has 0 aromatic carbocycles. The largest absolute Gasteiger partial charge is 0.462 e. The summed E-state index contributed by atoms with van der Waals surface area (Å²) in [5.41, 5.74) is 1.52. The molecule has 3 rings (SSSR count). The zero-order valence-electron chi connectivity index (χ0n) is 14.4. The Bertz CT molecular complexity index is 804. The Balaban J connectivity index is 1.98. The van der Waals surface area contributed by atoms with Crippen molar-refractivity contribution in [3.8, 4) is 0 Å². The molecule has 2 heterocycles. The van der Waals surface area contributed by atoms with Gasteiger partial charge in [0.1, 0.15) is 0 Å². The predicted octanol–water partition coefficient (Wildman–Crippen LogP) is 3.46. The smallest absolute Gasteiger partial charge is 0.339 e. The monoisotopic (exact) mass is 328 g/mol. The van der Waals surface area contributed by atoms with Crippen LogP contribution in [0.3, 0.4) is 0 Å². The Morgan fingerprint density at radius 1 is 1.33 bits per heavy atom. The van der Waals surface area contributed by atoms with E-state index in [1.165, 1.54) is 32.1 Å². The van der Waals surface area contributed by atoms with Gasteiger partial charge in [0.25, 0.3) is 5.56 Å². The van der Waals surface area contributed by atoms with Crippen LogP contribution >= 0.6 is 0 Å². The maximum absolute atomic E-state index is 12.8. The minimum atomic E-state index is -0.425. The molecule has 0 aliphatic heterocycles. The van der Waals surface area contributed by atoms with Crippen molar-refractivity contribution in [3.05, 3.63) is 39.9 Å². The lowest BCUT2D eigenvalue weighted by Gasteiger charge is -2.22. The average molecular weight is 328 g/mol. The van der Waals surface area contributed by atoms with Gasteiger partial charge in [-0.25, -0.2) is 4.79 Å². The average Bonchev–Trinajstić information content (AvgIpc) is 2.58. The van der Waals surface area contributed by atoms with Crippen molar-refractivity contribution in [3.63, 3.8) is 0 Å². The first kappa shape index (κ1) is 16.7. The lowest BCUT2D eigenvalue weighted by molar-refractivity contribution is 0.0525. The lowest BCUT2D eigenvalue weighted by Crippen LogP contribution is -2.25. The van der Waals surface area contributed by atoms with Gasteiger partial charge in [0.2, 0.25) is 0 Å². The summed E-state index contributed by atoms with van der Waals surface area (Å²) < 4.78 is 6.83. The van der Waals surface area contributed by atoms with Gasteiger partial charge in [0.05, 0.1) is 28.8 Å². The summed E-state index contributed by atoms with van der Waals surface area (Å²) in [5.74, 6) is 0.142. The van der Waals surface area contributed by atoms with Crippen molar-refractivity contribution in [1.29, 1.82) is 0 Å². The normalized spacial score (nSPS) is 15.6. The van der Waals surface area contributed by atoms with Crippen molar-refractivity contribution >= 4 is 16.9 Å². The number of nitrogens with zero attached hydrogens (tertiary/aromatic N) is 2. The molecule has 0 atom stereocenters. The molecule has 0 radical (unpaired) electrons. The molecule has 1 saturated carbocycles. The van der Waals surface area contributed by atoms with E-state index in [0.717, 1.165) is 6.54 Å². The molecule has 24 heavy (non-hydrogen) atoms. The SMILES string of the molecule is CCOC(=O)c1cc2c(=O)n(CC3CCCCC3)ccc2nc1C. The first-order valence-corrected chi connectivity index (χ1v) is 8.78. The van der Waals surface area contributed by atoms with E-state index in [1.54, 1.807) is 24.5 Å². The highest BCUT2D eigenvalue weighted by Gasteiger charge is 2.17. The van der Waals surface area contributed by atoms with Crippen LogP contribution in [-0.2, 0) is 11.3 Å².